The van der Waals surface area contributed by atoms with Crippen molar-refractivity contribution in [2.75, 3.05) is 5.73 Å². The van der Waals surface area contributed by atoms with Gasteiger partial charge in [-0.2, -0.15) is 4.99 Å². The van der Waals surface area contributed by atoms with Gasteiger partial charge in [0.15, 0.2) is 0 Å². The van der Waals surface area contributed by atoms with Crippen LogP contribution in [0.25, 0.3) is 11.0 Å². The molecule has 0 atom stereocenters. The van der Waals surface area contributed by atoms with E-state index in [0.29, 0.717) is 5.82 Å². The lowest BCUT2D eigenvalue weighted by Gasteiger charge is -2.37. The van der Waals surface area contributed by atoms with E-state index in [0.717, 1.165) is 35.9 Å². The van der Waals surface area contributed by atoms with E-state index in [1.54, 1.807) is 6.08 Å². The molecular formula is C13H12N4O. The van der Waals surface area contributed by atoms with Crippen molar-refractivity contribution in [1.29, 1.82) is 0 Å². The summed E-state index contributed by atoms with van der Waals surface area (Å²) in [6.45, 7) is 0. The average molecular weight is 240 g/mol. The molecule has 1 saturated carbocycles. The molecule has 0 amide bonds. The number of aliphatic imine (C=N–C) groups is 1. The predicted molar refractivity (Wildman–Crippen MR) is 67.6 cm³/mol. The van der Waals surface area contributed by atoms with Gasteiger partial charge in [0.05, 0.1) is 22.8 Å². The molecule has 0 aliphatic heterocycles. The van der Waals surface area contributed by atoms with Crippen LogP contribution in [0.4, 0.5) is 5.82 Å². The SMILES string of the molecule is Nc1cnc2cc(C3(N=C=O)CCC3)ccc2n1. The summed E-state index contributed by atoms with van der Waals surface area (Å²) in [6, 6.07) is 5.74. The lowest BCUT2D eigenvalue weighted by Crippen LogP contribution is -2.31. The van der Waals surface area contributed by atoms with Crippen molar-refractivity contribution in [2.45, 2.75) is 24.8 Å². The Kier molecular flexibility index (Phi) is 2.35. The third kappa shape index (κ3) is 1.57. The standard InChI is InChI=1S/C13H12N4O/c14-12-7-15-11-6-9(2-3-10(11)17-12)13(16-8-18)4-1-5-13/h2-3,6-7H,1,4-5H2,(H2,14,17). The molecule has 0 spiro atoms. The fourth-order valence-corrected chi connectivity index (χ4v) is 2.38. The molecule has 1 aromatic carbocycles. The summed E-state index contributed by atoms with van der Waals surface area (Å²) in [7, 11) is 0. The van der Waals surface area contributed by atoms with Gasteiger partial charge in [-0.05, 0) is 37.0 Å². The number of hydrogen-bond donors (Lipinski definition) is 1. The summed E-state index contributed by atoms with van der Waals surface area (Å²) >= 11 is 0. The molecule has 1 aliphatic rings. The van der Waals surface area contributed by atoms with Crippen molar-refractivity contribution in [3.8, 4) is 0 Å². The van der Waals surface area contributed by atoms with Gasteiger partial charge in [0.25, 0.3) is 0 Å². The van der Waals surface area contributed by atoms with E-state index in [1.807, 2.05) is 18.2 Å². The van der Waals surface area contributed by atoms with Gasteiger partial charge in [0.2, 0.25) is 6.08 Å². The Morgan fingerprint density at radius 1 is 1.33 bits per heavy atom. The first-order valence-corrected chi connectivity index (χ1v) is 5.85. The van der Waals surface area contributed by atoms with E-state index in [2.05, 4.69) is 15.0 Å². The topological polar surface area (TPSA) is 81.2 Å². The molecule has 0 radical (unpaired) electrons. The van der Waals surface area contributed by atoms with Crippen molar-refractivity contribution in [3.63, 3.8) is 0 Å². The number of rotatable bonds is 2. The lowest BCUT2D eigenvalue weighted by atomic mass is 9.72. The second-order valence-corrected chi connectivity index (χ2v) is 4.59. The Morgan fingerprint density at radius 2 is 2.17 bits per heavy atom. The average Bonchev–Trinajstić information content (AvgIpc) is 2.33. The van der Waals surface area contributed by atoms with Crippen LogP contribution in [0, 0.1) is 0 Å². The molecule has 1 aromatic heterocycles. The van der Waals surface area contributed by atoms with Crippen LogP contribution in [0.5, 0.6) is 0 Å². The highest BCUT2D eigenvalue weighted by Crippen LogP contribution is 2.45. The van der Waals surface area contributed by atoms with Crippen molar-refractivity contribution in [3.05, 3.63) is 30.0 Å². The first-order valence-electron chi connectivity index (χ1n) is 5.85. The summed E-state index contributed by atoms with van der Waals surface area (Å²) in [5.74, 6) is 0.402. The number of nitrogen functional groups attached to an aromatic ring is 1. The van der Waals surface area contributed by atoms with Crippen LogP contribution in [-0.2, 0) is 10.3 Å². The van der Waals surface area contributed by atoms with Crippen LogP contribution >= 0.6 is 0 Å². The number of benzene rings is 1. The molecule has 5 heteroatoms. The molecular weight excluding hydrogens is 228 g/mol. The van der Waals surface area contributed by atoms with E-state index < -0.39 is 0 Å². The Hall–Kier alpha value is -2.26. The fourth-order valence-electron chi connectivity index (χ4n) is 2.38. The minimum Gasteiger partial charge on any atom is -0.382 e. The molecule has 2 N–H and O–H groups in total. The van der Waals surface area contributed by atoms with Crippen LogP contribution < -0.4 is 5.73 Å². The van der Waals surface area contributed by atoms with Crippen LogP contribution in [0.2, 0.25) is 0 Å². The van der Waals surface area contributed by atoms with Gasteiger partial charge in [-0.15, -0.1) is 0 Å². The molecule has 1 fully saturated rings. The van der Waals surface area contributed by atoms with Crippen LogP contribution in [0.1, 0.15) is 24.8 Å². The molecule has 0 saturated heterocycles. The van der Waals surface area contributed by atoms with E-state index in [9.17, 15) is 4.79 Å². The second kappa shape index (κ2) is 3.89. The minimum absolute atomic E-state index is 0.390. The normalized spacial score (nSPS) is 16.9. The van der Waals surface area contributed by atoms with E-state index in [-0.39, 0.29) is 5.54 Å². The number of fused-ring (bicyclic) bond motifs is 1. The van der Waals surface area contributed by atoms with Gasteiger partial charge in [0, 0.05) is 0 Å². The molecule has 5 nitrogen and oxygen atoms in total. The zero-order valence-corrected chi connectivity index (χ0v) is 9.76. The highest BCUT2D eigenvalue weighted by Gasteiger charge is 2.38. The molecule has 90 valence electrons. The molecule has 0 bridgehead atoms. The van der Waals surface area contributed by atoms with Crippen molar-refractivity contribution in [2.24, 2.45) is 4.99 Å². The summed E-state index contributed by atoms with van der Waals surface area (Å²) in [4.78, 5) is 23.0. The molecule has 0 unspecified atom stereocenters. The maximum Gasteiger partial charge on any atom is 0.235 e. The van der Waals surface area contributed by atoms with Gasteiger partial charge < -0.3 is 5.73 Å². The second-order valence-electron chi connectivity index (χ2n) is 4.59. The molecule has 3 rings (SSSR count). The van der Waals surface area contributed by atoms with Crippen molar-refractivity contribution >= 4 is 22.9 Å². The number of nitrogens with zero attached hydrogens (tertiary/aromatic N) is 3. The number of nitrogens with two attached hydrogens (primary N) is 1. The number of isocyanates is 1. The quantitative estimate of drug-likeness (QED) is 0.642. The molecule has 2 aromatic rings. The predicted octanol–water partition coefficient (Wildman–Crippen LogP) is 1.93. The first kappa shape index (κ1) is 10.9. The molecule has 1 aliphatic carbocycles. The largest absolute Gasteiger partial charge is 0.382 e. The van der Waals surface area contributed by atoms with Gasteiger partial charge in [0.1, 0.15) is 5.82 Å². The van der Waals surface area contributed by atoms with E-state index >= 15 is 0 Å². The summed E-state index contributed by atoms with van der Waals surface area (Å²) < 4.78 is 0. The van der Waals surface area contributed by atoms with Gasteiger partial charge >= 0.3 is 0 Å². The molecule has 1 heterocycles. The van der Waals surface area contributed by atoms with E-state index in [1.165, 1.54) is 6.20 Å². The Bertz CT molecular complexity index is 657. The highest BCUT2D eigenvalue weighted by atomic mass is 16.1. The summed E-state index contributed by atoms with van der Waals surface area (Å²) in [6.07, 6.45) is 6.07. The van der Waals surface area contributed by atoms with Crippen LogP contribution in [-0.4, -0.2) is 16.0 Å². The van der Waals surface area contributed by atoms with Crippen molar-refractivity contribution in [1.82, 2.24) is 9.97 Å². The first-order chi connectivity index (χ1) is 8.73. The summed E-state index contributed by atoms with van der Waals surface area (Å²) in [5, 5.41) is 0. The number of hydrogen-bond acceptors (Lipinski definition) is 5. The smallest absolute Gasteiger partial charge is 0.235 e. The third-order valence-electron chi connectivity index (χ3n) is 3.54. The number of anilines is 1. The third-order valence-corrected chi connectivity index (χ3v) is 3.54. The van der Waals surface area contributed by atoms with Gasteiger partial charge in [-0.3, -0.25) is 4.98 Å². The van der Waals surface area contributed by atoms with Gasteiger partial charge in [-0.1, -0.05) is 6.07 Å². The maximum atomic E-state index is 10.6. The summed E-state index contributed by atoms with van der Waals surface area (Å²) in [5.41, 5.74) is 7.73. The van der Waals surface area contributed by atoms with Crippen LogP contribution in [0.15, 0.2) is 29.4 Å². The van der Waals surface area contributed by atoms with E-state index in [4.69, 9.17) is 5.73 Å². The Morgan fingerprint density at radius 3 is 2.83 bits per heavy atom. The van der Waals surface area contributed by atoms with Crippen molar-refractivity contribution < 1.29 is 4.79 Å². The fraction of sp³-hybridized carbons (Fsp3) is 0.308. The maximum absolute atomic E-state index is 10.6. The zero-order valence-electron chi connectivity index (χ0n) is 9.76. The number of aromatic nitrogens is 2. The zero-order chi connectivity index (χ0) is 12.6. The highest BCUT2D eigenvalue weighted by molar-refractivity contribution is 5.76. The van der Waals surface area contributed by atoms with Gasteiger partial charge in [-0.25, -0.2) is 9.78 Å². The lowest BCUT2D eigenvalue weighted by molar-refractivity contribution is 0.256. The monoisotopic (exact) mass is 240 g/mol. The Labute approximate surface area is 104 Å². The number of carbonyl (C=O) groups excluding carboxylic acids is 1. The molecule has 18 heavy (non-hydrogen) atoms. The Balaban J connectivity index is 2.13. The van der Waals surface area contributed by atoms with Crippen LogP contribution in [0.3, 0.4) is 0 Å². The minimum atomic E-state index is -0.390.